The van der Waals surface area contributed by atoms with Crippen LogP contribution in [-0.4, -0.2) is 90.5 Å². The van der Waals surface area contributed by atoms with Crippen LogP contribution in [0.15, 0.2) is 36.8 Å². The van der Waals surface area contributed by atoms with Crippen molar-refractivity contribution in [2.75, 3.05) is 0 Å². The van der Waals surface area contributed by atoms with E-state index in [1.807, 2.05) is 0 Å². The van der Waals surface area contributed by atoms with Gasteiger partial charge in [-0.05, 0) is 31.5 Å². The number of aliphatic hydroxyl groups excluding tert-OH is 2. The standard InChI is InChI=1S/C23H32N6O8/c1-11(30)18(24)22(35)28-17(8-14-9-25-10-26-14)20(33)27-16(7-13-3-5-15(32)6-4-13)21(34)29-19(12(2)31)23(36)37/h3-6,9-12,16-19,30-32H,7-8,24H2,1-2H3,(H,25,26)(H,27,33)(H,28,35)(H,29,34)(H,36,37). The Balaban J connectivity index is 2.30. The SMILES string of the molecule is CC(O)C(N)C(=O)NC(Cc1cnc[nH]1)C(=O)NC(Cc1ccc(O)cc1)C(=O)NC(C(=O)O)C(C)O. The maximum absolute atomic E-state index is 13.3. The van der Waals surface area contributed by atoms with E-state index in [0.29, 0.717) is 11.3 Å². The van der Waals surface area contributed by atoms with Crippen LogP contribution in [0.5, 0.6) is 5.75 Å². The number of H-pyrrole nitrogens is 1. The van der Waals surface area contributed by atoms with E-state index < -0.39 is 60.1 Å². The summed E-state index contributed by atoms with van der Waals surface area (Å²) in [5.41, 5.74) is 6.68. The Bertz CT molecular complexity index is 1060. The summed E-state index contributed by atoms with van der Waals surface area (Å²) in [5, 5.41) is 45.4. The Kier molecular flexibility index (Phi) is 10.5. The molecule has 2 rings (SSSR count). The van der Waals surface area contributed by atoms with Crippen LogP contribution >= 0.6 is 0 Å². The first-order chi connectivity index (χ1) is 17.4. The van der Waals surface area contributed by atoms with E-state index in [9.17, 15) is 39.6 Å². The number of carbonyl (C=O) groups is 4. The fourth-order valence-corrected chi connectivity index (χ4v) is 3.30. The third kappa shape index (κ3) is 8.86. The summed E-state index contributed by atoms with van der Waals surface area (Å²) in [6, 6.07) is 0.227. The van der Waals surface area contributed by atoms with Gasteiger partial charge in [-0.1, -0.05) is 12.1 Å². The van der Waals surface area contributed by atoms with Gasteiger partial charge in [-0.15, -0.1) is 0 Å². The number of imidazole rings is 1. The Hall–Kier alpha value is -4.01. The normalized spacial score (nSPS) is 15.9. The summed E-state index contributed by atoms with van der Waals surface area (Å²) < 4.78 is 0. The van der Waals surface area contributed by atoms with E-state index in [1.165, 1.54) is 50.6 Å². The summed E-state index contributed by atoms with van der Waals surface area (Å²) in [6.07, 6.45) is 0.00184. The number of rotatable bonds is 13. The predicted octanol–water partition coefficient (Wildman–Crippen LogP) is -2.47. The molecule has 14 nitrogen and oxygen atoms in total. The number of hydrogen-bond acceptors (Lipinski definition) is 9. The first-order valence-corrected chi connectivity index (χ1v) is 11.4. The zero-order valence-electron chi connectivity index (χ0n) is 20.3. The molecule has 3 amide bonds. The van der Waals surface area contributed by atoms with Crippen molar-refractivity contribution in [2.45, 2.75) is 63.1 Å². The van der Waals surface area contributed by atoms with Gasteiger partial charge in [0.25, 0.3) is 0 Å². The second-order valence-electron chi connectivity index (χ2n) is 8.61. The van der Waals surface area contributed by atoms with Gasteiger partial charge in [-0.2, -0.15) is 0 Å². The van der Waals surface area contributed by atoms with Crippen LogP contribution in [0, 0.1) is 0 Å². The summed E-state index contributed by atoms with van der Waals surface area (Å²) in [7, 11) is 0. The Morgan fingerprint density at radius 3 is 2.00 bits per heavy atom. The molecule has 0 saturated carbocycles. The van der Waals surface area contributed by atoms with Crippen LogP contribution in [0.1, 0.15) is 25.1 Å². The molecule has 6 unspecified atom stereocenters. The van der Waals surface area contributed by atoms with Crippen molar-refractivity contribution < 1.29 is 39.6 Å². The van der Waals surface area contributed by atoms with E-state index in [0.717, 1.165) is 0 Å². The molecule has 10 N–H and O–H groups in total. The predicted molar refractivity (Wildman–Crippen MR) is 129 cm³/mol. The van der Waals surface area contributed by atoms with Gasteiger partial charge in [0.15, 0.2) is 6.04 Å². The first kappa shape index (κ1) is 29.2. The molecule has 6 atom stereocenters. The molecule has 2 aromatic rings. The lowest BCUT2D eigenvalue weighted by Crippen LogP contribution is -2.59. The molecule has 1 aromatic heterocycles. The van der Waals surface area contributed by atoms with E-state index in [2.05, 4.69) is 25.9 Å². The van der Waals surface area contributed by atoms with Crippen molar-refractivity contribution >= 4 is 23.7 Å². The highest BCUT2D eigenvalue weighted by atomic mass is 16.4. The average Bonchev–Trinajstić information content (AvgIpc) is 3.34. The van der Waals surface area contributed by atoms with Crippen LogP contribution in [0.4, 0.5) is 0 Å². The molecule has 202 valence electrons. The van der Waals surface area contributed by atoms with Crippen molar-refractivity contribution in [1.29, 1.82) is 0 Å². The minimum Gasteiger partial charge on any atom is -0.508 e. The molecule has 0 radical (unpaired) electrons. The third-order valence-corrected chi connectivity index (χ3v) is 5.49. The molecule has 37 heavy (non-hydrogen) atoms. The lowest BCUT2D eigenvalue weighted by atomic mass is 10.0. The number of carboxylic acid groups (broad SMARTS) is 1. The van der Waals surface area contributed by atoms with E-state index in [4.69, 9.17) is 5.73 Å². The lowest BCUT2D eigenvalue weighted by Gasteiger charge is -2.26. The fourth-order valence-electron chi connectivity index (χ4n) is 3.30. The largest absolute Gasteiger partial charge is 0.508 e. The number of aromatic hydroxyl groups is 1. The molecule has 0 fully saturated rings. The van der Waals surface area contributed by atoms with E-state index >= 15 is 0 Å². The Labute approximate surface area is 212 Å². The van der Waals surface area contributed by atoms with Gasteiger partial charge < -0.3 is 47.1 Å². The Morgan fingerprint density at radius 2 is 1.49 bits per heavy atom. The fraction of sp³-hybridized carbons (Fsp3) is 0.435. The van der Waals surface area contributed by atoms with Gasteiger partial charge in [0.05, 0.1) is 18.5 Å². The molecule has 1 aromatic carbocycles. The zero-order chi connectivity index (χ0) is 27.7. The number of aromatic amines is 1. The highest BCUT2D eigenvalue weighted by Gasteiger charge is 2.32. The van der Waals surface area contributed by atoms with Crippen molar-refractivity contribution in [1.82, 2.24) is 25.9 Å². The molecule has 1 heterocycles. The average molecular weight is 521 g/mol. The smallest absolute Gasteiger partial charge is 0.328 e. The van der Waals surface area contributed by atoms with Gasteiger partial charge >= 0.3 is 5.97 Å². The van der Waals surface area contributed by atoms with E-state index in [-0.39, 0.29) is 18.6 Å². The number of amides is 3. The molecule has 0 spiro atoms. The number of carboxylic acids is 1. The van der Waals surface area contributed by atoms with Crippen LogP contribution in [0.2, 0.25) is 0 Å². The van der Waals surface area contributed by atoms with Gasteiger partial charge in [-0.25, -0.2) is 9.78 Å². The van der Waals surface area contributed by atoms with Gasteiger partial charge in [0.1, 0.15) is 23.9 Å². The number of aromatic nitrogens is 2. The highest BCUT2D eigenvalue weighted by Crippen LogP contribution is 2.12. The van der Waals surface area contributed by atoms with Gasteiger partial charge in [0, 0.05) is 24.7 Å². The molecule has 0 saturated heterocycles. The minimum atomic E-state index is -1.64. The number of carbonyl (C=O) groups excluding carboxylic acids is 3. The minimum absolute atomic E-state index is 0.0226. The molecule has 0 aliphatic carbocycles. The Morgan fingerprint density at radius 1 is 0.919 bits per heavy atom. The van der Waals surface area contributed by atoms with Crippen molar-refractivity contribution in [3.05, 3.63) is 48.0 Å². The number of phenolic OH excluding ortho intramolecular Hbond substituents is 1. The number of nitrogens with one attached hydrogen (secondary N) is 4. The topological polar surface area (TPSA) is 240 Å². The molecular formula is C23H32N6O8. The molecule has 0 aliphatic heterocycles. The summed E-state index contributed by atoms with van der Waals surface area (Å²) in [4.78, 5) is 56.9. The van der Waals surface area contributed by atoms with Crippen LogP contribution < -0.4 is 21.7 Å². The third-order valence-electron chi connectivity index (χ3n) is 5.49. The number of hydrogen-bond donors (Lipinski definition) is 9. The number of benzene rings is 1. The van der Waals surface area contributed by atoms with Gasteiger partial charge in [0.2, 0.25) is 17.7 Å². The quantitative estimate of drug-likeness (QED) is 0.135. The molecular weight excluding hydrogens is 488 g/mol. The summed E-state index contributed by atoms with van der Waals surface area (Å²) >= 11 is 0. The van der Waals surface area contributed by atoms with Crippen molar-refractivity contribution in [3.8, 4) is 5.75 Å². The second-order valence-corrected chi connectivity index (χ2v) is 8.61. The van der Waals surface area contributed by atoms with Crippen molar-refractivity contribution in [3.63, 3.8) is 0 Å². The number of nitrogens with zero attached hydrogens (tertiary/aromatic N) is 1. The molecule has 0 aliphatic rings. The molecule has 14 heteroatoms. The number of aliphatic hydroxyl groups is 2. The maximum atomic E-state index is 13.3. The van der Waals surface area contributed by atoms with Crippen molar-refractivity contribution in [2.24, 2.45) is 5.73 Å². The monoisotopic (exact) mass is 520 g/mol. The lowest BCUT2D eigenvalue weighted by molar-refractivity contribution is -0.145. The summed E-state index contributed by atoms with van der Waals surface area (Å²) in [6.45, 7) is 2.50. The summed E-state index contributed by atoms with van der Waals surface area (Å²) in [5.74, 6) is -4.01. The zero-order valence-corrected chi connectivity index (χ0v) is 20.3. The number of nitrogens with two attached hydrogens (primary N) is 1. The maximum Gasteiger partial charge on any atom is 0.328 e. The second kappa shape index (κ2) is 13.3. The van der Waals surface area contributed by atoms with E-state index in [1.54, 1.807) is 0 Å². The van der Waals surface area contributed by atoms with Gasteiger partial charge in [-0.3, -0.25) is 14.4 Å². The first-order valence-electron chi connectivity index (χ1n) is 11.4. The van der Waals surface area contributed by atoms with Crippen LogP contribution in [-0.2, 0) is 32.0 Å². The number of aliphatic carboxylic acids is 1. The van der Waals surface area contributed by atoms with Crippen LogP contribution in [0.3, 0.4) is 0 Å². The highest BCUT2D eigenvalue weighted by molar-refractivity contribution is 5.94. The van der Waals surface area contributed by atoms with Crippen LogP contribution in [0.25, 0.3) is 0 Å². The molecule has 0 bridgehead atoms. The number of phenols is 1.